The van der Waals surface area contributed by atoms with Crippen molar-refractivity contribution in [3.05, 3.63) is 41.5 Å². The van der Waals surface area contributed by atoms with E-state index in [4.69, 9.17) is 10.5 Å². The summed E-state index contributed by atoms with van der Waals surface area (Å²) < 4.78 is 45.8. The third-order valence-electron chi connectivity index (χ3n) is 6.66. The van der Waals surface area contributed by atoms with Crippen LogP contribution in [0.3, 0.4) is 0 Å². The molecule has 1 spiro atoms. The van der Waals surface area contributed by atoms with Gasteiger partial charge in [-0.1, -0.05) is 0 Å². The van der Waals surface area contributed by atoms with Crippen LogP contribution in [0.15, 0.2) is 29.0 Å². The molecule has 13 heteroatoms. The highest BCUT2D eigenvalue weighted by molar-refractivity contribution is 6.07. The van der Waals surface area contributed by atoms with Gasteiger partial charge >= 0.3 is 12.1 Å². The molecule has 1 atom stereocenters. The van der Waals surface area contributed by atoms with Crippen LogP contribution in [-0.2, 0) is 9.53 Å². The van der Waals surface area contributed by atoms with Crippen molar-refractivity contribution >= 4 is 29.4 Å². The molecule has 2 saturated heterocycles. The second-order valence-electron chi connectivity index (χ2n) is 11.0. The lowest BCUT2D eigenvalue weighted by atomic mass is 9.79. The fraction of sp³-hybridized carbons (Fsp3) is 0.520. The molecule has 38 heavy (non-hydrogen) atoms. The Morgan fingerprint density at radius 2 is 1.82 bits per heavy atom. The minimum atomic E-state index is -1.63. The molecule has 4 rings (SSSR count). The highest BCUT2D eigenvalue weighted by atomic mass is 19.2. The minimum absolute atomic E-state index is 0.0248. The molecule has 0 aliphatic carbocycles. The number of rotatable bonds is 3. The topological polar surface area (TPSA) is 121 Å². The highest BCUT2D eigenvalue weighted by Crippen LogP contribution is 2.42. The number of nitrogens with one attached hydrogen (secondary N) is 1. The number of aliphatic imine (C=N–C) groups is 1. The van der Waals surface area contributed by atoms with Crippen molar-refractivity contribution < 1.29 is 32.3 Å². The van der Waals surface area contributed by atoms with E-state index in [1.807, 2.05) is 0 Å². The van der Waals surface area contributed by atoms with Crippen molar-refractivity contribution in [3.8, 4) is 0 Å². The molecule has 4 amide bonds. The Kier molecular flexibility index (Phi) is 7.06. The first-order valence-electron chi connectivity index (χ1n) is 12.2. The summed E-state index contributed by atoms with van der Waals surface area (Å²) in [6.45, 7) is 8.32. The molecule has 3 heterocycles. The third kappa shape index (κ3) is 5.41. The van der Waals surface area contributed by atoms with E-state index in [0.29, 0.717) is 43.2 Å². The largest absolute Gasteiger partial charge is 0.444 e. The molecule has 206 valence electrons. The Balaban J connectivity index is 1.42. The smallest absolute Gasteiger partial charge is 0.410 e. The summed E-state index contributed by atoms with van der Waals surface area (Å²) >= 11 is 0. The van der Waals surface area contributed by atoms with E-state index in [2.05, 4.69) is 10.3 Å². The molecule has 0 bridgehead atoms. The van der Waals surface area contributed by atoms with E-state index in [1.165, 1.54) is 16.0 Å². The Morgan fingerprint density at radius 3 is 2.39 bits per heavy atom. The monoisotopic (exact) mass is 536 g/mol. The standard InChI is InChI=1S/C25H31F3N6O4/c1-14-9-30-18(10-33(14)22(36)31-15-5-16(26)21(28)17(27)6-15)19(8-29)34-13-25(7-20(34)35)11-32(12-25)23(37)38-24(2,3)4/h5-6,8,14H,7,9-13,29H2,1-4H3,(H,31,36)/t14-/m0/s1. The number of nitrogens with two attached hydrogens (primary N) is 1. The van der Waals surface area contributed by atoms with Gasteiger partial charge in [-0.15, -0.1) is 0 Å². The van der Waals surface area contributed by atoms with Crippen molar-refractivity contribution in [1.29, 1.82) is 0 Å². The number of amides is 4. The van der Waals surface area contributed by atoms with Gasteiger partial charge in [0.05, 0.1) is 30.5 Å². The van der Waals surface area contributed by atoms with Crippen LogP contribution in [0, 0.1) is 22.9 Å². The molecule has 3 aliphatic heterocycles. The second kappa shape index (κ2) is 9.84. The molecule has 1 aromatic rings. The minimum Gasteiger partial charge on any atom is -0.444 e. The van der Waals surface area contributed by atoms with Crippen molar-refractivity contribution in [2.45, 2.75) is 45.8 Å². The summed E-state index contributed by atoms with van der Waals surface area (Å²) in [5.41, 5.74) is 5.36. The van der Waals surface area contributed by atoms with Crippen molar-refractivity contribution in [1.82, 2.24) is 14.7 Å². The Labute approximate surface area is 218 Å². The number of hydrogen-bond acceptors (Lipinski definition) is 6. The molecule has 0 aromatic heterocycles. The molecule has 0 saturated carbocycles. The quantitative estimate of drug-likeness (QED) is 0.576. The fourth-order valence-electron chi connectivity index (χ4n) is 4.85. The average molecular weight is 537 g/mol. The molecular weight excluding hydrogens is 505 g/mol. The molecule has 2 fully saturated rings. The predicted molar refractivity (Wildman–Crippen MR) is 133 cm³/mol. The van der Waals surface area contributed by atoms with Crippen LogP contribution in [-0.4, -0.2) is 82.8 Å². The summed E-state index contributed by atoms with van der Waals surface area (Å²) in [4.78, 5) is 47.2. The van der Waals surface area contributed by atoms with E-state index in [0.717, 1.165) is 0 Å². The summed E-state index contributed by atoms with van der Waals surface area (Å²) in [6.07, 6.45) is 1.05. The van der Waals surface area contributed by atoms with Gasteiger partial charge in [0.1, 0.15) is 5.60 Å². The fourth-order valence-corrected chi connectivity index (χ4v) is 4.85. The molecule has 0 radical (unpaired) electrons. The van der Waals surface area contributed by atoms with Gasteiger partial charge in [0, 0.05) is 55.5 Å². The maximum absolute atomic E-state index is 13.6. The SMILES string of the molecule is C[C@H]1CN=C(C(=CN)N2CC3(CC2=O)CN(C(=O)OC(C)(C)C)C3)CN1C(=O)Nc1cc(F)c(F)c(F)c1. The van der Waals surface area contributed by atoms with Gasteiger partial charge in [-0.25, -0.2) is 22.8 Å². The number of anilines is 1. The number of urea groups is 1. The number of nitrogens with zero attached hydrogens (tertiary/aromatic N) is 4. The number of carbonyl (C=O) groups excluding carboxylic acids is 3. The zero-order valence-corrected chi connectivity index (χ0v) is 21.7. The summed E-state index contributed by atoms with van der Waals surface area (Å²) in [6, 6.07) is 0.324. The number of benzene rings is 1. The number of likely N-dealkylation sites (tertiary alicyclic amines) is 2. The van der Waals surface area contributed by atoms with Gasteiger partial charge in [-0.2, -0.15) is 0 Å². The number of halogens is 3. The maximum atomic E-state index is 13.6. The van der Waals surface area contributed by atoms with Crippen molar-refractivity contribution in [3.63, 3.8) is 0 Å². The third-order valence-corrected chi connectivity index (χ3v) is 6.66. The van der Waals surface area contributed by atoms with Crippen LogP contribution in [0.4, 0.5) is 28.4 Å². The van der Waals surface area contributed by atoms with Crippen LogP contribution in [0.25, 0.3) is 0 Å². The predicted octanol–water partition coefficient (Wildman–Crippen LogP) is 3.05. The zero-order valence-electron chi connectivity index (χ0n) is 21.7. The van der Waals surface area contributed by atoms with Crippen LogP contribution in [0.5, 0.6) is 0 Å². The lowest BCUT2D eigenvalue weighted by molar-refractivity contribution is -0.126. The lowest BCUT2D eigenvalue weighted by Gasteiger charge is -2.47. The van der Waals surface area contributed by atoms with Gasteiger partial charge in [0.25, 0.3) is 0 Å². The molecule has 3 aliphatic rings. The van der Waals surface area contributed by atoms with E-state index < -0.39 is 40.6 Å². The zero-order chi connectivity index (χ0) is 28.0. The van der Waals surface area contributed by atoms with Crippen molar-refractivity contribution in [2.75, 3.05) is 38.0 Å². The molecule has 1 aromatic carbocycles. The van der Waals surface area contributed by atoms with E-state index >= 15 is 0 Å². The highest BCUT2D eigenvalue weighted by Gasteiger charge is 2.54. The number of hydrogen-bond donors (Lipinski definition) is 2. The first-order chi connectivity index (χ1) is 17.7. The molecule has 3 N–H and O–H groups in total. The number of carbonyl (C=O) groups is 3. The van der Waals surface area contributed by atoms with E-state index in [9.17, 15) is 27.6 Å². The Hall–Kier alpha value is -3.77. The van der Waals surface area contributed by atoms with Gasteiger partial charge < -0.3 is 30.5 Å². The first kappa shape index (κ1) is 27.3. The van der Waals surface area contributed by atoms with Gasteiger partial charge in [-0.05, 0) is 27.7 Å². The Morgan fingerprint density at radius 1 is 1.18 bits per heavy atom. The van der Waals surface area contributed by atoms with Crippen LogP contribution >= 0.6 is 0 Å². The van der Waals surface area contributed by atoms with Crippen molar-refractivity contribution in [2.24, 2.45) is 16.1 Å². The van der Waals surface area contributed by atoms with Crippen LogP contribution in [0.1, 0.15) is 34.1 Å². The summed E-state index contributed by atoms with van der Waals surface area (Å²) in [5, 5.41) is 2.37. The number of ether oxygens (including phenoxy) is 1. The van der Waals surface area contributed by atoms with Crippen LogP contribution in [0.2, 0.25) is 0 Å². The summed E-state index contributed by atoms with van der Waals surface area (Å²) in [5.74, 6) is -4.66. The second-order valence-corrected chi connectivity index (χ2v) is 11.0. The molecule has 0 unspecified atom stereocenters. The average Bonchev–Trinajstić information content (AvgIpc) is 3.14. The van der Waals surface area contributed by atoms with E-state index in [1.54, 1.807) is 32.6 Å². The molecular formula is C25H31F3N6O4. The maximum Gasteiger partial charge on any atom is 0.410 e. The lowest BCUT2D eigenvalue weighted by Crippen LogP contribution is -2.60. The Bertz CT molecular complexity index is 1200. The first-order valence-corrected chi connectivity index (χ1v) is 12.2. The van der Waals surface area contributed by atoms with E-state index in [-0.39, 0.29) is 37.1 Å². The van der Waals surface area contributed by atoms with Gasteiger partial charge in [-0.3, -0.25) is 9.79 Å². The summed E-state index contributed by atoms with van der Waals surface area (Å²) in [7, 11) is 0. The molecule has 10 nitrogen and oxygen atoms in total. The normalized spacial score (nSPS) is 21.4. The van der Waals surface area contributed by atoms with Gasteiger partial charge in [0.15, 0.2) is 17.5 Å². The van der Waals surface area contributed by atoms with Crippen LogP contribution < -0.4 is 11.1 Å². The van der Waals surface area contributed by atoms with Gasteiger partial charge in [0.2, 0.25) is 5.91 Å².